The van der Waals surface area contributed by atoms with Crippen molar-refractivity contribution in [1.29, 1.82) is 0 Å². The fourth-order valence-corrected chi connectivity index (χ4v) is 1.86. The maximum absolute atomic E-state index is 2.28. The van der Waals surface area contributed by atoms with Crippen molar-refractivity contribution in [2.75, 3.05) is 0 Å². The van der Waals surface area contributed by atoms with Gasteiger partial charge in [0.25, 0.3) is 0 Å². The maximum Gasteiger partial charge on any atom is -0.0257 e. The lowest BCUT2D eigenvalue weighted by Gasteiger charge is -1.91. The van der Waals surface area contributed by atoms with Gasteiger partial charge in [-0.2, -0.15) is 0 Å². The first-order valence-corrected chi connectivity index (χ1v) is 5.36. The summed E-state index contributed by atoms with van der Waals surface area (Å²) < 4.78 is 0. The molecule has 0 amide bonds. The van der Waals surface area contributed by atoms with Crippen LogP contribution < -0.4 is 0 Å². The molecule has 1 saturated carbocycles. The predicted octanol–water partition coefficient (Wildman–Crippen LogP) is 4.20. The molecule has 1 aromatic rings. The molecule has 0 spiro atoms. The topological polar surface area (TPSA) is 0 Å². The Hall–Kier alpha value is -1.30. The number of hydrogen-bond acceptors (Lipinski definition) is 0. The van der Waals surface area contributed by atoms with Crippen LogP contribution in [0.3, 0.4) is 0 Å². The second-order valence-corrected chi connectivity index (χ2v) is 3.80. The molecule has 14 heavy (non-hydrogen) atoms. The molecule has 1 aromatic carbocycles. The lowest BCUT2D eigenvalue weighted by atomic mass is 10.2. The summed E-state index contributed by atoms with van der Waals surface area (Å²) in [6.07, 6.45) is 12.0. The lowest BCUT2D eigenvalue weighted by molar-refractivity contribution is 0.886. The molecular formula is C14H16. The minimum atomic E-state index is 1.28. The molecule has 0 aromatic heterocycles. The van der Waals surface area contributed by atoms with Crippen molar-refractivity contribution in [2.24, 2.45) is 0 Å². The second-order valence-electron chi connectivity index (χ2n) is 3.80. The van der Waals surface area contributed by atoms with Crippen LogP contribution in [0.25, 0.3) is 6.08 Å². The van der Waals surface area contributed by atoms with E-state index in [4.69, 9.17) is 0 Å². The molecule has 0 N–H and O–H groups in total. The zero-order valence-electron chi connectivity index (χ0n) is 8.45. The molecular weight excluding hydrogens is 168 g/mol. The normalized spacial score (nSPS) is 16.4. The molecule has 0 saturated heterocycles. The van der Waals surface area contributed by atoms with Crippen molar-refractivity contribution in [1.82, 2.24) is 0 Å². The predicted molar refractivity (Wildman–Crippen MR) is 62.0 cm³/mol. The second kappa shape index (κ2) is 4.80. The molecule has 0 bridgehead atoms. The first-order valence-electron chi connectivity index (χ1n) is 5.36. The number of benzene rings is 1. The summed E-state index contributed by atoms with van der Waals surface area (Å²) in [5.41, 5.74) is 2.89. The van der Waals surface area contributed by atoms with Crippen LogP contribution in [0.2, 0.25) is 0 Å². The van der Waals surface area contributed by atoms with Gasteiger partial charge in [0.1, 0.15) is 0 Å². The van der Waals surface area contributed by atoms with Gasteiger partial charge >= 0.3 is 0 Å². The van der Waals surface area contributed by atoms with E-state index in [1.807, 2.05) is 6.07 Å². The van der Waals surface area contributed by atoms with Crippen molar-refractivity contribution >= 4 is 6.08 Å². The van der Waals surface area contributed by atoms with E-state index in [2.05, 4.69) is 42.5 Å². The van der Waals surface area contributed by atoms with Gasteiger partial charge in [-0.1, -0.05) is 54.1 Å². The summed E-state index contributed by atoms with van der Waals surface area (Å²) in [5.74, 6) is 0. The van der Waals surface area contributed by atoms with Gasteiger partial charge in [0, 0.05) is 0 Å². The van der Waals surface area contributed by atoms with Crippen LogP contribution in [0, 0.1) is 0 Å². The summed E-state index contributed by atoms with van der Waals surface area (Å²) in [4.78, 5) is 0. The summed E-state index contributed by atoms with van der Waals surface area (Å²) in [6, 6.07) is 10.4. The van der Waals surface area contributed by atoms with Crippen LogP contribution in [0.15, 0.2) is 48.1 Å². The summed E-state index contributed by atoms with van der Waals surface area (Å²) >= 11 is 0. The molecule has 0 radical (unpaired) electrons. The zero-order valence-corrected chi connectivity index (χ0v) is 8.45. The van der Waals surface area contributed by atoms with E-state index in [0.29, 0.717) is 0 Å². The van der Waals surface area contributed by atoms with E-state index in [0.717, 1.165) is 0 Å². The monoisotopic (exact) mass is 184 g/mol. The highest BCUT2D eigenvalue weighted by Crippen LogP contribution is 2.23. The van der Waals surface area contributed by atoms with Gasteiger partial charge in [0.05, 0.1) is 0 Å². The van der Waals surface area contributed by atoms with Crippen LogP contribution in [0.4, 0.5) is 0 Å². The smallest absolute Gasteiger partial charge is 0.0257 e. The number of rotatable bonds is 2. The Morgan fingerprint density at radius 2 is 1.64 bits per heavy atom. The Bertz CT molecular complexity index is 322. The van der Waals surface area contributed by atoms with E-state index in [-0.39, 0.29) is 0 Å². The highest BCUT2D eigenvalue weighted by atomic mass is 14.1. The van der Waals surface area contributed by atoms with Crippen LogP contribution in [0.1, 0.15) is 31.2 Å². The number of allylic oxidation sites excluding steroid dienone is 3. The van der Waals surface area contributed by atoms with E-state index in [1.54, 1.807) is 5.57 Å². The fraction of sp³-hybridized carbons (Fsp3) is 0.286. The average Bonchev–Trinajstić information content (AvgIpc) is 2.72. The molecule has 0 aliphatic heterocycles. The molecule has 1 aliphatic carbocycles. The first-order chi connectivity index (χ1) is 6.95. The first kappa shape index (κ1) is 9.26. The van der Waals surface area contributed by atoms with Gasteiger partial charge < -0.3 is 0 Å². The van der Waals surface area contributed by atoms with E-state index < -0.39 is 0 Å². The maximum atomic E-state index is 2.28. The lowest BCUT2D eigenvalue weighted by Crippen LogP contribution is -1.70. The molecule has 2 rings (SSSR count). The minimum Gasteiger partial charge on any atom is -0.0702 e. The van der Waals surface area contributed by atoms with Crippen molar-refractivity contribution in [2.45, 2.75) is 25.7 Å². The molecule has 1 fully saturated rings. The van der Waals surface area contributed by atoms with Gasteiger partial charge in [0.15, 0.2) is 0 Å². The van der Waals surface area contributed by atoms with Gasteiger partial charge in [-0.25, -0.2) is 0 Å². The molecule has 0 heteroatoms. The standard InChI is InChI=1S/C14H16/c1-2-7-13(8-3-1)11-6-12-14-9-4-5-10-14/h1-3,6-8,11-12H,4-5,9-10H2/b11-6+. The molecule has 0 heterocycles. The van der Waals surface area contributed by atoms with Crippen LogP contribution in [0.5, 0.6) is 0 Å². The van der Waals surface area contributed by atoms with E-state index in [1.165, 1.54) is 31.2 Å². The molecule has 0 atom stereocenters. The molecule has 0 unspecified atom stereocenters. The third kappa shape index (κ3) is 2.59. The van der Waals surface area contributed by atoms with Crippen molar-refractivity contribution in [3.8, 4) is 0 Å². The zero-order chi connectivity index (χ0) is 9.64. The SMILES string of the molecule is C(/C=C/c1ccccc1)=C1CCCC1. The Balaban J connectivity index is 1.97. The Morgan fingerprint density at radius 1 is 0.929 bits per heavy atom. The van der Waals surface area contributed by atoms with Crippen molar-refractivity contribution in [3.05, 3.63) is 53.6 Å². The van der Waals surface area contributed by atoms with Gasteiger partial charge in [-0.05, 0) is 31.2 Å². The summed E-state index contributed by atoms with van der Waals surface area (Å²) in [6.45, 7) is 0. The van der Waals surface area contributed by atoms with Gasteiger partial charge in [-0.15, -0.1) is 0 Å². The third-order valence-corrected chi connectivity index (χ3v) is 2.67. The quantitative estimate of drug-likeness (QED) is 0.646. The summed E-state index contributed by atoms with van der Waals surface area (Å²) in [5, 5.41) is 0. The van der Waals surface area contributed by atoms with E-state index in [9.17, 15) is 0 Å². The highest BCUT2D eigenvalue weighted by molar-refractivity contribution is 5.51. The number of hydrogen-bond donors (Lipinski definition) is 0. The van der Waals surface area contributed by atoms with Crippen LogP contribution >= 0.6 is 0 Å². The summed E-state index contributed by atoms with van der Waals surface area (Å²) in [7, 11) is 0. The molecule has 0 nitrogen and oxygen atoms in total. The van der Waals surface area contributed by atoms with Crippen molar-refractivity contribution < 1.29 is 0 Å². The molecule has 72 valence electrons. The third-order valence-electron chi connectivity index (χ3n) is 2.67. The highest BCUT2D eigenvalue weighted by Gasteiger charge is 2.03. The Kier molecular flexibility index (Phi) is 3.18. The van der Waals surface area contributed by atoms with Gasteiger partial charge in [0.2, 0.25) is 0 Å². The van der Waals surface area contributed by atoms with E-state index >= 15 is 0 Å². The van der Waals surface area contributed by atoms with Gasteiger partial charge in [-0.3, -0.25) is 0 Å². The Morgan fingerprint density at radius 3 is 2.36 bits per heavy atom. The fourth-order valence-electron chi connectivity index (χ4n) is 1.86. The largest absolute Gasteiger partial charge is 0.0702 e. The van der Waals surface area contributed by atoms with Crippen molar-refractivity contribution in [3.63, 3.8) is 0 Å². The average molecular weight is 184 g/mol. The Labute approximate surface area is 86.0 Å². The minimum absolute atomic E-state index is 1.28. The van der Waals surface area contributed by atoms with Crippen LogP contribution in [-0.4, -0.2) is 0 Å². The molecule has 1 aliphatic rings. The van der Waals surface area contributed by atoms with Crippen LogP contribution in [-0.2, 0) is 0 Å².